The summed E-state index contributed by atoms with van der Waals surface area (Å²) >= 11 is 6.34. The molecular weight excluding hydrogens is 386 g/mol. The lowest BCUT2D eigenvalue weighted by Gasteiger charge is -2.25. The van der Waals surface area contributed by atoms with Crippen molar-refractivity contribution in [3.63, 3.8) is 0 Å². The van der Waals surface area contributed by atoms with Gasteiger partial charge in [-0.15, -0.1) is 0 Å². The number of nitrogens with zero attached hydrogens (tertiary/aromatic N) is 1. The molecule has 1 aliphatic carbocycles. The van der Waals surface area contributed by atoms with Gasteiger partial charge in [-0.3, -0.25) is 9.59 Å². The van der Waals surface area contributed by atoms with Gasteiger partial charge in [0.25, 0.3) is 0 Å². The van der Waals surface area contributed by atoms with E-state index in [2.05, 4.69) is 29.3 Å². The summed E-state index contributed by atoms with van der Waals surface area (Å²) in [5.74, 6) is -0.398. The van der Waals surface area contributed by atoms with E-state index in [4.69, 9.17) is 17.3 Å². The molecule has 0 spiro atoms. The highest BCUT2D eigenvalue weighted by molar-refractivity contribution is 6.31. The first-order valence-corrected chi connectivity index (χ1v) is 10.2. The molecule has 3 N–H and O–H groups in total. The number of nitrogens with one attached hydrogen (secondary N) is 1. The molecule has 29 heavy (non-hydrogen) atoms. The Hall–Kier alpha value is -2.37. The first-order chi connectivity index (χ1) is 13.7. The Morgan fingerprint density at radius 3 is 2.52 bits per heavy atom. The van der Waals surface area contributed by atoms with Crippen LogP contribution in [0.25, 0.3) is 0 Å². The first-order valence-electron chi connectivity index (χ1n) is 9.80. The van der Waals surface area contributed by atoms with Gasteiger partial charge in [-0.1, -0.05) is 54.9 Å². The molecule has 3 rings (SSSR count). The van der Waals surface area contributed by atoms with E-state index in [1.54, 1.807) is 12.1 Å². The zero-order chi connectivity index (χ0) is 21.2. The van der Waals surface area contributed by atoms with Crippen LogP contribution in [-0.2, 0) is 16.6 Å². The van der Waals surface area contributed by atoms with Crippen LogP contribution in [0.2, 0.25) is 5.02 Å². The zero-order valence-corrected chi connectivity index (χ0v) is 17.9. The first kappa shape index (κ1) is 21.3. The van der Waals surface area contributed by atoms with Gasteiger partial charge in [0, 0.05) is 34.5 Å². The van der Waals surface area contributed by atoms with Crippen LogP contribution in [0.3, 0.4) is 0 Å². The highest BCUT2D eigenvalue weighted by Crippen LogP contribution is 2.53. The third-order valence-corrected chi connectivity index (χ3v) is 6.37. The van der Waals surface area contributed by atoms with Crippen LogP contribution in [-0.4, -0.2) is 43.4 Å². The van der Waals surface area contributed by atoms with Crippen molar-refractivity contribution in [2.24, 2.45) is 11.7 Å². The summed E-state index contributed by atoms with van der Waals surface area (Å²) in [7, 11) is 3.96. The molecule has 6 heteroatoms. The summed E-state index contributed by atoms with van der Waals surface area (Å²) in [6, 6.07) is 15.4. The molecule has 5 nitrogen and oxygen atoms in total. The molecule has 2 amide bonds. The van der Waals surface area contributed by atoms with Gasteiger partial charge in [-0.2, -0.15) is 0 Å². The van der Waals surface area contributed by atoms with Gasteiger partial charge in [0.2, 0.25) is 11.8 Å². The predicted molar refractivity (Wildman–Crippen MR) is 116 cm³/mol. The fraction of sp³-hybridized carbons (Fsp3) is 0.391. The normalized spacial score (nSPS) is 21.6. The van der Waals surface area contributed by atoms with Crippen molar-refractivity contribution in [2.75, 3.05) is 20.6 Å². The number of hydrogen-bond acceptors (Lipinski definition) is 3. The Balaban J connectivity index is 1.61. The average molecular weight is 414 g/mol. The number of likely N-dealkylation sites (N-methyl/N-ethyl adjacent to an activating group) is 1. The lowest BCUT2D eigenvalue weighted by molar-refractivity contribution is -0.122. The molecule has 1 saturated carbocycles. The number of benzene rings is 2. The fourth-order valence-electron chi connectivity index (χ4n) is 3.78. The van der Waals surface area contributed by atoms with Gasteiger partial charge in [0.05, 0.1) is 0 Å². The number of hydrogen-bond donors (Lipinski definition) is 2. The molecule has 0 heterocycles. The summed E-state index contributed by atoms with van der Waals surface area (Å²) in [6.07, 6.45) is 1.53. The van der Waals surface area contributed by atoms with Gasteiger partial charge in [-0.05, 0) is 50.2 Å². The second kappa shape index (κ2) is 8.56. The maximum absolute atomic E-state index is 12.8. The van der Waals surface area contributed by atoms with Crippen LogP contribution in [0, 0.1) is 5.92 Å². The Kier molecular flexibility index (Phi) is 6.30. The zero-order valence-electron chi connectivity index (χ0n) is 17.1. The predicted octanol–water partition coefficient (Wildman–Crippen LogP) is 3.01. The largest absolute Gasteiger partial charge is 0.366 e. The molecule has 3 atom stereocenters. The molecule has 0 aliphatic heterocycles. The van der Waals surface area contributed by atoms with Crippen molar-refractivity contribution >= 4 is 23.4 Å². The molecule has 0 bridgehead atoms. The van der Waals surface area contributed by atoms with Gasteiger partial charge >= 0.3 is 0 Å². The van der Waals surface area contributed by atoms with E-state index in [1.807, 2.05) is 38.4 Å². The maximum atomic E-state index is 12.8. The standard InChI is InChI=1S/C23H28ClN3O2/c1-23(17-7-5-4-6-8-17)13-19(23)22(29)26-14-18(27(2)3)11-15-9-10-16(21(25)28)12-20(15)24/h4-10,12,18-19H,11,13-14H2,1-3H3,(H2,25,28)(H,26,29)/t18-,19-,23+/m0/s1. The summed E-state index contributed by atoms with van der Waals surface area (Å²) in [5.41, 5.74) is 7.76. The lowest BCUT2D eigenvalue weighted by atomic mass is 9.95. The fourth-order valence-corrected chi connectivity index (χ4v) is 4.04. The van der Waals surface area contributed by atoms with E-state index in [1.165, 1.54) is 5.56 Å². The summed E-state index contributed by atoms with van der Waals surface area (Å²) in [6.45, 7) is 2.68. The third-order valence-electron chi connectivity index (χ3n) is 6.02. The second-order valence-corrected chi connectivity index (χ2v) is 8.68. The minimum atomic E-state index is -0.499. The molecule has 0 unspecified atom stereocenters. The molecule has 1 aliphatic rings. The number of primary amides is 1. The van der Waals surface area contributed by atoms with Crippen molar-refractivity contribution in [3.8, 4) is 0 Å². The van der Waals surface area contributed by atoms with Gasteiger partial charge < -0.3 is 16.0 Å². The van der Waals surface area contributed by atoms with Crippen LogP contribution >= 0.6 is 11.6 Å². The molecule has 1 fully saturated rings. The SMILES string of the molecule is CN(C)[C@H](CNC(=O)[C@@H]1C[C@]1(C)c1ccccc1)Cc1ccc(C(N)=O)cc1Cl. The molecule has 0 radical (unpaired) electrons. The molecule has 0 aromatic heterocycles. The molecule has 0 saturated heterocycles. The van der Waals surface area contributed by atoms with E-state index in [0.717, 1.165) is 12.0 Å². The smallest absolute Gasteiger partial charge is 0.248 e. The number of rotatable bonds is 8. The minimum Gasteiger partial charge on any atom is -0.366 e. The van der Waals surface area contributed by atoms with Crippen LogP contribution in [0.4, 0.5) is 0 Å². The van der Waals surface area contributed by atoms with E-state index in [0.29, 0.717) is 23.6 Å². The quantitative estimate of drug-likeness (QED) is 0.698. The minimum absolute atomic E-state index is 0.00569. The van der Waals surface area contributed by atoms with Crippen molar-refractivity contribution in [1.82, 2.24) is 10.2 Å². The van der Waals surface area contributed by atoms with Crippen molar-refractivity contribution < 1.29 is 9.59 Å². The van der Waals surface area contributed by atoms with E-state index >= 15 is 0 Å². The maximum Gasteiger partial charge on any atom is 0.248 e. The van der Waals surface area contributed by atoms with Crippen molar-refractivity contribution in [3.05, 3.63) is 70.2 Å². The second-order valence-electron chi connectivity index (χ2n) is 8.28. The monoisotopic (exact) mass is 413 g/mol. The highest BCUT2D eigenvalue weighted by atomic mass is 35.5. The number of carbonyl (C=O) groups excluding carboxylic acids is 2. The number of nitrogens with two attached hydrogens (primary N) is 1. The van der Waals surface area contributed by atoms with E-state index in [-0.39, 0.29) is 23.3 Å². The Bertz CT molecular complexity index is 900. The highest BCUT2D eigenvalue weighted by Gasteiger charge is 2.55. The third kappa shape index (κ3) is 4.80. The van der Waals surface area contributed by atoms with Crippen LogP contribution in [0.1, 0.15) is 34.8 Å². The summed E-state index contributed by atoms with van der Waals surface area (Å²) in [4.78, 5) is 26.1. The molecular formula is C23H28ClN3O2. The number of halogens is 1. The number of carbonyl (C=O) groups is 2. The summed E-state index contributed by atoms with van der Waals surface area (Å²) in [5, 5.41) is 3.63. The molecule has 154 valence electrons. The van der Waals surface area contributed by atoms with Crippen LogP contribution in [0.15, 0.2) is 48.5 Å². The van der Waals surface area contributed by atoms with Crippen molar-refractivity contribution in [2.45, 2.75) is 31.2 Å². The Labute approximate surface area is 177 Å². The number of amides is 2. The Morgan fingerprint density at radius 2 is 1.93 bits per heavy atom. The van der Waals surface area contributed by atoms with Crippen LogP contribution < -0.4 is 11.1 Å². The lowest BCUT2D eigenvalue weighted by Crippen LogP contribution is -2.42. The van der Waals surface area contributed by atoms with E-state index < -0.39 is 5.91 Å². The van der Waals surface area contributed by atoms with Crippen LogP contribution in [0.5, 0.6) is 0 Å². The van der Waals surface area contributed by atoms with Crippen molar-refractivity contribution in [1.29, 1.82) is 0 Å². The molecule has 2 aromatic rings. The average Bonchev–Trinajstić information content (AvgIpc) is 3.39. The van der Waals surface area contributed by atoms with E-state index in [9.17, 15) is 9.59 Å². The molecule has 2 aromatic carbocycles. The van der Waals surface area contributed by atoms with Gasteiger partial charge in [-0.25, -0.2) is 0 Å². The Morgan fingerprint density at radius 1 is 1.24 bits per heavy atom. The van der Waals surface area contributed by atoms with Gasteiger partial charge in [0.1, 0.15) is 0 Å². The summed E-state index contributed by atoms with van der Waals surface area (Å²) < 4.78 is 0. The topological polar surface area (TPSA) is 75.4 Å². The van der Waals surface area contributed by atoms with Gasteiger partial charge in [0.15, 0.2) is 0 Å².